The fourth-order valence-electron chi connectivity index (χ4n) is 2.39. The van der Waals surface area contributed by atoms with Crippen molar-refractivity contribution >= 4 is 12.4 Å². The van der Waals surface area contributed by atoms with E-state index in [-0.39, 0.29) is 18.4 Å². The molecule has 2 heterocycles. The molecular formula is C15H21ClN4O2. The van der Waals surface area contributed by atoms with Crippen LogP contribution in [0.5, 0.6) is 0 Å². The summed E-state index contributed by atoms with van der Waals surface area (Å²) >= 11 is 0. The van der Waals surface area contributed by atoms with Crippen LogP contribution in [-0.4, -0.2) is 41.7 Å². The predicted molar refractivity (Wildman–Crippen MR) is 84.7 cm³/mol. The van der Waals surface area contributed by atoms with Gasteiger partial charge in [0.1, 0.15) is 6.61 Å². The second-order valence-corrected chi connectivity index (χ2v) is 5.23. The Hall–Kier alpha value is -1.47. The number of likely N-dealkylation sites (N-methyl/N-ethyl adjacent to an activating group) is 1. The lowest BCUT2D eigenvalue weighted by atomic mass is 10.2. The highest BCUT2D eigenvalue weighted by atomic mass is 35.5. The minimum atomic E-state index is 0. The molecular weight excluding hydrogens is 304 g/mol. The van der Waals surface area contributed by atoms with Gasteiger partial charge in [-0.05, 0) is 12.6 Å². The van der Waals surface area contributed by atoms with E-state index in [0.29, 0.717) is 19.1 Å². The van der Waals surface area contributed by atoms with Crippen molar-refractivity contribution in [1.29, 1.82) is 0 Å². The molecule has 3 rings (SSSR count). The molecule has 7 heteroatoms. The van der Waals surface area contributed by atoms with Crippen molar-refractivity contribution < 1.29 is 9.26 Å². The van der Waals surface area contributed by atoms with Crippen LogP contribution in [0.3, 0.4) is 0 Å². The van der Waals surface area contributed by atoms with Crippen LogP contribution in [0.2, 0.25) is 0 Å². The summed E-state index contributed by atoms with van der Waals surface area (Å²) in [5, 5.41) is 7.41. The van der Waals surface area contributed by atoms with E-state index in [2.05, 4.69) is 27.4 Å². The Bertz CT molecular complexity index is 564. The van der Waals surface area contributed by atoms with Gasteiger partial charge >= 0.3 is 0 Å². The minimum Gasteiger partial charge on any atom is -0.367 e. The molecule has 1 unspecified atom stereocenters. The molecule has 120 valence electrons. The van der Waals surface area contributed by atoms with Gasteiger partial charge in [0.15, 0.2) is 5.82 Å². The van der Waals surface area contributed by atoms with E-state index in [9.17, 15) is 0 Å². The molecule has 1 saturated heterocycles. The summed E-state index contributed by atoms with van der Waals surface area (Å²) in [7, 11) is 2.08. The second kappa shape index (κ2) is 8.24. The van der Waals surface area contributed by atoms with Crippen molar-refractivity contribution in [2.24, 2.45) is 0 Å². The molecule has 1 aliphatic rings. The van der Waals surface area contributed by atoms with E-state index >= 15 is 0 Å². The third kappa shape index (κ3) is 4.27. The molecule has 0 radical (unpaired) electrons. The van der Waals surface area contributed by atoms with Crippen molar-refractivity contribution in [3.63, 3.8) is 0 Å². The monoisotopic (exact) mass is 324 g/mol. The number of piperazine rings is 1. The molecule has 1 N–H and O–H groups in total. The fourth-order valence-corrected chi connectivity index (χ4v) is 2.39. The lowest BCUT2D eigenvalue weighted by Crippen LogP contribution is -2.44. The van der Waals surface area contributed by atoms with Crippen LogP contribution in [0, 0.1) is 0 Å². The van der Waals surface area contributed by atoms with E-state index in [1.807, 2.05) is 30.3 Å². The third-order valence-electron chi connectivity index (χ3n) is 3.63. The number of aromatic nitrogens is 2. The number of hydrogen-bond donors (Lipinski definition) is 1. The summed E-state index contributed by atoms with van der Waals surface area (Å²) in [5.74, 6) is 1.25. The molecule has 22 heavy (non-hydrogen) atoms. The van der Waals surface area contributed by atoms with E-state index in [0.717, 1.165) is 31.0 Å². The van der Waals surface area contributed by atoms with E-state index < -0.39 is 0 Å². The molecule has 1 aliphatic heterocycles. The average molecular weight is 325 g/mol. The first kappa shape index (κ1) is 16.9. The molecule has 0 bridgehead atoms. The Balaban J connectivity index is 0.00000176. The topological polar surface area (TPSA) is 63.4 Å². The average Bonchev–Trinajstić information content (AvgIpc) is 2.97. The van der Waals surface area contributed by atoms with Gasteiger partial charge in [-0.15, -0.1) is 12.4 Å². The normalized spacial score (nSPS) is 18.9. The van der Waals surface area contributed by atoms with Gasteiger partial charge in [0.2, 0.25) is 0 Å². The summed E-state index contributed by atoms with van der Waals surface area (Å²) in [4.78, 5) is 6.66. The van der Waals surface area contributed by atoms with Crippen LogP contribution >= 0.6 is 12.4 Å². The molecule has 0 spiro atoms. The Morgan fingerprint density at radius 1 is 1.32 bits per heavy atom. The summed E-state index contributed by atoms with van der Waals surface area (Å²) < 4.78 is 10.9. The van der Waals surface area contributed by atoms with Crippen molar-refractivity contribution in [2.75, 3.05) is 26.7 Å². The lowest BCUT2D eigenvalue weighted by Gasteiger charge is -2.30. The van der Waals surface area contributed by atoms with Gasteiger partial charge in [-0.25, -0.2) is 0 Å². The lowest BCUT2D eigenvalue weighted by molar-refractivity contribution is 0.0850. The molecule has 0 amide bonds. The first-order valence-corrected chi connectivity index (χ1v) is 7.18. The number of halogens is 1. The van der Waals surface area contributed by atoms with Crippen LogP contribution < -0.4 is 5.32 Å². The summed E-state index contributed by atoms with van der Waals surface area (Å²) in [5.41, 5.74) is 1.13. The quantitative estimate of drug-likeness (QED) is 0.904. The highest BCUT2D eigenvalue weighted by Gasteiger charge is 2.25. The SMILES string of the molecule is CN1CCNCC1c1noc(COCc2ccccc2)n1.Cl. The first-order valence-electron chi connectivity index (χ1n) is 7.18. The molecule has 0 saturated carbocycles. The summed E-state index contributed by atoms with van der Waals surface area (Å²) in [6, 6.07) is 10.2. The maximum Gasteiger partial charge on any atom is 0.252 e. The first-order chi connectivity index (χ1) is 10.3. The molecule has 6 nitrogen and oxygen atoms in total. The highest BCUT2D eigenvalue weighted by Crippen LogP contribution is 2.17. The number of hydrogen-bond acceptors (Lipinski definition) is 6. The minimum absolute atomic E-state index is 0. The van der Waals surface area contributed by atoms with Crippen LogP contribution in [0.15, 0.2) is 34.9 Å². The van der Waals surface area contributed by atoms with Gasteiger partial charge in [0, 0.05) is 19.6 Å². The number of nitrogens with zero attached hydrogens (tertiary/aromatic N) is 3. The third-order valence-corrected chi connectivity index (χ3v) is 3.63. The molecule has 0 aliphatic carbocycles. The van der Waals surface area contributed by atoms with Crippen LogP contribution in [0.1, 0.15) is 23.3 Å². The maximum absolute atomic E-state index is 5.61. The molecule has 1 aromatic carbocycles. The van der Waals surface area contributed by atoms with Crippen molar-refractivity contribution in [3.8, 4) is 0 Å². The van der Waals surface area contributed by atoms with E-state index in [1.54, 1.807) is 0 Å². The zero-order chi connectivity index (χ0) is 14.5. The number of rotatable bonds is 5. The molecule has 1 aromatic heterocycles. The Labute approximate surface area is 136 Å². The Kier molecular flexibility index (Phi) is 6.33. The number of ether oxygens (including phenoxy) is 1. The van der Waals surface area contributed by atoms with Crippen molar-refractivity contribution in [3.05, 3.63) is 47.6 Å². The van der Waals surface area contributed by atoms with Gasteiger partial charge in [-0.3, -0.25) is 4.90 Å². The number of benzene rings is 1. The van der Waals surface area contributed by atoms with Crippen LogP contribution in [0.25, 0.3) is 0 Å². The highest BCUT2D eigenvalue weighted by molar-refractivity contribution is 5.85. The maximum atomic E-state index is 5.61. The Morgan fingerprint density at radius 2 is 2.14 bits per heavy atom. The van der Waals surface area contributed by atoms with Crippen molar-refractivity contribution in [1.82, 2.24) is 20.4 Å². The van der Waals surface area contributed by atoms with E-state index in [4.69, 9.17) is 9.26 Å². The molecule has 1 fully saturated rings. The van der Waals surface area contributed by atoms with Gasteiger partial charge in [0.05, 0.1) is 12.6 Å². The Morgan fingerprint density at radius 3 is 2.91 bits per heavy atom. The zero-order valence-electron chi connectivity index (χ0n) is 12.6. The number of nitrogens with one attached hydrogen (secondary N) is 1. The van der Waals surface area contributed by atoms with Crippen LogP contribution in [-0.2, 0) is 18.0 Å². The van der Waals surface area contributed by atoms with E-state index in [1.165, 1.54) is 0 Å². The largest absolute Gasteiger partial charge is 0.367 e. The predicted octanol–water partition coefficient (Wildman–Crippen LogP) is 1.78. The van der Waals surface area contributed by atoms with Gasteiger partial charge in [-0.1, -0.05) is 35.5 Å². The molecule has 1 atom stereocenters. The van der Waals surface area contributed by atoms with Crippen LogP contribution in [0.4, 0.5) is 0 Å². The smallest absolute Gasteiger partial charge is 0.252 e. The second-order valence-electron chi connectivity index (χ2n) is 5.23. The van der Waals surface area contributed by atoms with Gasteiger partial charge < -0.3 is 14.6 Å². The standard InChI is InChI=1S/C15H20N4O2.ClH/c1-19-8-7-16-9-13(19)15-17-14(21-18-15)11-20-10-12-5-3-2-4-6-12;/h2-6,13,16H,7-11H2,1H3;1H. The summed E-state index contributed by atoms with van der Waals surface area (Å²) in [6.07, 6.45) is 0. The molecule has 2 aromatic rings. The zero-order valence-corrected chi connectivity index (χ0v) is 13.4. The van der Waals surface area contributed by atoms with Gasteiger partial charge in [0.25, 0.3) is 5.89 Å². The summed E-state index contributed by atoms with van der Waals surface area (Å²) in [6.45, 7) is 3.71. The van der Waals surface area contributed by atoms with Gasteiger partial charge in [-0.2, -0.15) is 4.98 Å². The fraction of sp³-hybridized carbons (Fsp3) is 0.467. The van der Waals surface area contributed by atoms with Crippen molar-refractivity contribution in [2.45, 2.75) is 19.3 Å².